The van der Waals surface area contributed by atoms with Gasteiger partial charge in [0.05, 0.1) is 0 Å². The third kappa shape index (κ3) is 4.27. The quantitative estimate of drug-likeness (QED) is 0.858. The van der Waals surface area contributed by atoms with E-state index in [1.54, 1.807) is 0 Å². The number of hydrogen-bond donors (Lipinski definition) is 2. The first-order valence-electron chi connectivity index (χ1n) is 7.32. The van der Waals surface area contributed by atoms with Crippen molar-refractivity contribution in [1.29, 1.82) is 0 Å². The summed E-state index contributed by atoms with van der Waals surface area (Å²) in [7, 11) is 0. The van der Waals surface area contributed by atoms with Crippen molar-refractivity contribution in [3.05, 3.63) is 24.3 Å². The van der Waals surface area contributed by atoms with E-state index in [1.807, 2.05) is 32.0 Å². The zero-order valence-electron chi connectivity index (χ0n) is 11.9. The molecule has 1 amide bonds. The maximum absolute atomic E-state index is 11.7. The molecule has 0 unspecified atom stereocenters. The first kappa shape index (κ1) is 13.9. The minimum atomic E-state index is 0.00922. The Morgan fingerprint density at radius 3 is 2.53 bits per heavy atom. The number of carbonyl (C=O) groups is 1. The fraction of sp³-hybridized carbons (Fsp3) is 0.562. The van der Waals surface area contributed by atoms with Crippen molar-refractivity contribution in [3.63, 3.8) is 0 Å². The molecule has 0 saturated heterocycles. The molecule has 1 aliphatic carbocycles. The molecule has 0 heterocycles. The predicted octanol–water partition coefficient (Wildman–Crippen LogP) is 4.03. The van der Waals surface area contributed by atoms with E-state index in [4.69, 9.17) is 0 Å². The van der Waals surface area contributed by atoms with Crippen molar-refractivity contribution in [1.82, 2.24) is 0 Å². The van der Waals surface area contributed by atoms with E-state index in [-0.39, 0.29) is 11.8 Å². The lowest BCUT2D eigenvalue weighted by atomic mass is 9.95. The maximum Gasteiger partial charge on any atom is 0.226 e. The van der Waals surface area contributed by atoms with E-state index in [1.165, 1.54) is 32.1 Å². The number of amides is 1. The molecule has 1 aliphatic rings. The second-order valence-electron chi connectivity index (χ2n) is 5.70. The van der Waals surface area contributed by atoms with Crippen molar-refractivity contribution in [2.75, 3.05) is 10.6 Å². The van der Waals surface area contributed by atoms with Gasteiger partial charge < -0.3 is 10.6 Å². The van der Waals surface area contributed by atoms with E-state index >= 15 is 0 Å². The Morgan fingerprint density at radius 2 is 1.84 bits per heavy atom. The standard InChI is InChI=1S/C16H24N2O/c1-12(2)16(19)18-15-10-6-9-14(11-15)17-13-7-4-3-5-8-13/h6,9-13,17H,3-5,7-8H2,1-2H3,(H,18,19). The van der Waals surface area contributed by atoms with Crippen LogP contribution < -0.4 is 10.6 Å². The topological polar surface area (TPSA) is 41.1 Å². The first-order valence-corrected chi connectivity index (χ1v) is 7.32. The highest BCUT2D eigenvalue weighted by Crippen LogP contribution is 2.23. The summed E-state index contributed by atoms with van der Waals surface area (Å²) in [5, 5.41) is 6.51. The molecule has 0 spiro atoms. The Kier molecular flexibility index (Phi) is 4.83. The number of nitrogens with one attached hydrogen (secondary N) is 2. The Balaban J connectivity index is 1.96. The Morgan fingerprint density at radius 1 is 1.16 bits per heavy atom. The minimum absolute atomic E-state index is 0.00922. The van der Waals surface area contributed by atoms with E-state index in [0.29, 0.717) is 6.04 Å². The lowest BCUT2D eigenvalue weighted by Gasteiger charge is -2.24. The van der Waals surface area contributed by atoms with Crippen molar-refractivity contribution in [2.24, 2.45) is 5.92 Å². The lowest BCUT2D eigenvalue weighted by molar-refractivity contribution is -0.118. The van der Waals surface area contributed by atoms with Crippen LogP contribution in [0.25, 0.3) is 0 Å². The van der Waals surface area contributed by atoms with Crippen molar-refractivity contribution >= 4 is 17.3 Å². The Bertz CT molecular complexity index is 423. The van der Waals surface area contributed by atoms with Crippen LogP contribution in [0.5, 0.6) is 0 Å². The van der Waals surface area contributed by atoms with Crippen molar-refractivity contribution in [2.45, 2.75) is 52.0 Å². The molecular formula is C16H24N2O. The highest BCUT2D eigenvalue weighted by Gasteiger charge is 2.13. The molecule has 1 fully saturated rings. The second kappa shape index (κ2) is 6.60. The summed E-state index contributed by atoms with van der Waals surface area (Å²) in [5.74, 6) is 0.0739. The second-order valence-corrected chi connectivity index (χ2v) is 5.70. The molecule has 0 radical (unpaired) electrons. The Labute approximate surface area is 115 Å². The van der Waals surface area contributed by atoms with Crippen LogP contribution in [0, 0.1) is 5.92 Å². The zero-order valence-corrected chi connectivity index (χ0v) is 11.9. The van der Waals surface area contributed by atoms with Crippen LogP contribution in [0.2, 0.25) is 0 Å². The first-order chi connectivity index (χ1) is 9.15. The number of benzene rings is 1. The van der Waals surface area contributed by atoms with Crippen LogP contribution >= 0.6 is 0 Å². The number of rotatable bonds is 4. The summed E-state index contributed by atoms with van der Waals surface area (Å²) in [4.78, 5) is 11.7. The van der Waals surface area contributed by atoms with Crippen LogP contribution in [0.1, 0.15) is 46.0 Å². The third-order valence-electron chi connectivity index (χ3n) is 3.63. The Hall–Kier alpha value is -1.51. The van der Waals surface area contributed by atoms with Crippen LogP contribution in [0.3, 0.4) is 0 Å². The SMILES string of the molecule is CC(C)C(=O)Nc1cccc(NC2CCCCC2)c1. The average Bonchev–Trinajstić information content (AvgIpc) is 2.40. The van der Waals surface area contributed by atoms with Crippen LogP contribution in [0.15, 0.2) is 24.3 Å². The van der Waals surface area contributed by atoms with Gasteiger partial charge in [-0.15, -0.1) is 0 Å². The fourth-order valence-corrected chi connectivity index (χ4v) is 2.46. The largest absolute Gasteiger partial charge is 0.382 e. The summed E-state index contributed by atoms with van der Waals surface area (Å²) in [6.45, 7) is 3.80. The molecule has 0 aromatic heterocycles. The summed E-state index contributed by atoms with van der Waals surface area (Å²) in [6, 6.07) is 8.60. The molecule has 3 nitrogen and oxygen atoms in total. The van der Waals surface area contributed by atoms with E-state index < -0.39 is 0 Å². The normalized spacial score (nSPS) is 16.4. The van der Waals surface area contributed by atoms with Crippen molar-refractivity contribution in [3.8, 4) is 0 Å². The number of hydrogen-bond acceptors (Lipinski definition) is 2. The van der Waals surface area contributed by atoms with Crippen LogP contribution in [-0.4, -0.2) is 11.9 Å². The smallest absolute Gasteiger partial charge is 0.226 e. The molecule has 104 valence electrons. The van der Waals surface area contributed by atoms with E-state index in [9.17, 15) is 4.79 Å². The van der Waals surface area contributed by atoms with Gasteiger partial charge in [0.2, 0.25) is 5.91 Å². The highest BCUT2D eigenvalue weighted by atomic mass is 16.1. The third-order valence-corrected chi connectivity index (χ3v) is 3.63. The molecule has 19 heavy (non-hydrogen) atoms. The van der Waals surface area contributed by atoms with Gasteiger partial charge in [-0.05, 0) is 31.0 Å². The predicted molar refractivity (Wildman–Crippen MR) is 80.4 cm³/mol. The molecule has 0 atom stereocenters. The summed E-state index contributed by atoms with van der Waals surface area (Å²) >= 11 is 0. The highest BCUT2D eigenvalue weighted by molar-refractivity contribution is 5.92. The van der Waals surface area contributed by atoms with E-state index in [2.05, 4.69) is 16.7 Å². The average molecular weight is 260 g/mol. The molecule has 3 heteroatoms. The number of carbonyl (C=O) groups excluding carboxylic acids is 1. The lowest BCUT2D eigenvalue weighted by Crippen LogP contribution is -2.22. The molecule has 0 aliphatic heterocycles. The maximum atomic E-state index is 11.7. The van der Waals surface area contributed by atoms with Gasteiger partial charge in [0.25, 0.3) is 0 Å². The molecular weight excluding hydrogens is 236 g/mol. The minimum Gasteiger partial charge on any atom is -0.382 e. The van der Waals surface area contributed by atoms with Gasteiger partial charge in [-0.1, -0.05) is 39.2 Å². The van der Waals surface area contributed by atoms with Gasteiger partial charge in [0.15, 0.2) is 0 Å². The van der Waals surface area contributed by atoms with Crippen molar-refractivity contribution < 1.29 is 4.79 Å². The van der Waals surface area contributed by atoms with Crippen LogP contribution in [-0.2, 0) is 4.79 Å². The summed E-state index contributed by atoms with van der Waals surface area (Å²) in [6.07, 6.45) is 6.51. The van der Waals surface area contributed by atoms with Gasteiger partial charge in [-0.25, -0.2) is 0 Å². The molecule has 0 bridgehead atoms. The summed E-state index contributed by atoms with van der Waals surface area (Å²) < 4.78 is 0. The van der Waals surface area contributed by atoms with Gasteiger partial charge in [-0.2, -0.15) is 0 Å². The van der Waals surface area contributed by atoms with Gasteiger partial charge in [0, 0.05) is 23.3 Å². The van der Waals surface area contributed by atoms with Crippen LogP contribution in [0.4, 0.5) is 11.4 Å². The molecule has 1 saturated carbocycles. The fourth-order valence-electron chi connectivity index (χ4n) is 2.46. The van der Waals surface area contributed by atoms with Gasteiger partial charge in [-0.3, -0.25) is 4.79 Å². The molecule has 1 aromatic rings. The van der Waals surface area contributed by atoms with E-state index in [0.717, 1.165) is 11.4 Å². The molecule has 2 N–H and O–H groups in total. The van der Waals surface area contributed by atoms with Gasteiger partial charge in [0.1, 0.15) is 0 Å². The van der Waals surface area contributed by atoms with Gasteiger partial charge >= 0.3 is 0 Å². The monoisotopic (exact) mass is 260 g/mol. The molecule has 2 rings (SSSR count). The number of anilines is 2. The summed E-state index contributed by atoms with van der Waals surface area (Å²) in [5.41, 5.74) is 1.98. The molecule has 1 aromatic carbocycles. The zero-order chi connectivity index (χ0) is 13.7.